The van der Waals surface area contributed by atoms with Gasteiger partial charge in [-0.3, -0.25) is 14.9 Å². The van der Waals surface area contributed by atoms with E-state index in [1.54, 1.807) is 37.3 Å². The van der Waals surface area contributed by atoms with Crippen LogP contribution in [0.2, 0.25) is 0 Å². The maximum Gasteiger partial charge on any atom is 0.329 e. The zero-order valence-electron chi connectivity index (χ0n) is 13.6. The molecular formula is C18H18N2O5. The monoisotopic (exact) mass is 342 g/mol. The minimum atomic E-state index is -1.50. The number of aliphatic carboxylic acids is 1. The van der Waals surface area contributed by atoms with E-state index in [1.165, 1.54) is 24.3 Å². The standard InChI is InChI=1S/C18H18N2O5/c1-2-18(17(22)23,19-16(21)14-6-4-3-5-7-14)12-13-8-10-15(11-9-13)20(24)25/h3-11H,2,12H2,1H3,(H,19,21)(H,22,23). The van der Waals surface area contributed by atoms with Gasteiger partial charge in [0, 0.05) is 24.1 Å². The predicted molar refractivity (Wildman–Crippen MR) is 91.4 cm³/mol. The molecule has 0 spiro atoms. The molecule has 25 heavy (non-hydrogen) atoms. The lowest BCUT2D eigenvalue weighted by molar-refractivity contribution is -0.384. The summed E-state index contributed by atoms with van der Waals surface area (Å²) >= 11 is 0. The largest absolute Gasteiger partial charge is 0.479 e. The molecule has 2 aromatic rings. The van der Waals surface area contributed by atoms with Gasteiger partial charge in [0.1, 0.15) is 5.54 Å². The van der Waals surface area contributed by atoms with Gasteiger partial charge in [-0.1, -0.05) is 37.3 Å². The van der Waals surface area contributed by atoms with E-state index >= 15 is 0 Å². The third-order valence-electron chi connectivity index (χ3n) is 4.05. The van der Waals surface area contributed by atoms with Crippen LogP contribution < -0.4 is 5.32 Å². The van der Waals surface area contributed by atoms with E-state index in [-0.39, 0.29) is 18.5 Å². The van der Waals surface area contributed by atoms with Gasteiger partial charge in [0.25, 0.3) is 11.6 Å². The number of carbonyl (C=O) groups is 2. The number of carboxylic acid groups (broad SMARTS) is 1. The summed E-state index contributed by atoms with van der Waals surface area (Å²) in [6, 6.07) is 14.0. The SMILES string of the molecule is CCC(Cc1ccc([N+](=O)[O-])cc1)(NC(=O)c1ccccc1)C(=O)O. The number of hydrogen-bond donors (Lipinski definition) is 2. The molecule has 0 radical (unpaired) electrons. The molecule has 0 aliphatic heterocycles. The van der Waals surface area contributed by atoms with Crippen molar-refractivity contribution in [1.82, 2.24) is 5.32 Å². The summed E-state index contributed by atoms with van der Waals surface area (Å²) in [6.45, 7) is 1.67. The molecule has 7 nitrogen and oxygen atoms in total. The Labute approximate surface area is 144 Å². The van der Waals surface area contributed by atoms with Crippen molar-refractivity contribution in [1.29, 1.82) is 0 Å². The normalized spacial score (nSPS) is 12.8. The third kappa shape index (κ3) is 4.20. The molecule has 0 heterocycles. The number of nitro benzene ring substituents is 1. The number of nitro groups is 1. The molecule has 0 aromatic heterocycles. The van der Waals surface area contributed by atoms with E-state index in [9.17, 15) is 24.8 Å². The highest BCUT2D eigenvalue weighted by molar-refractivity contribution is 5.97. The molecule has 0 saturated carbocycles. The molecule has 2 rings (SSSR count). The minimum Gasteiger partial charge on any atom is -0.479 e. The number of non-ortho nitro benzene ring substituents is 1. The third-order valence-corrected chi connectivity index (χ3v) is 4.05. The average Bonchev–Trinajstić information content (AvgIpc) is 2.62. The summed E-state index contributed by atoms with van der Waals surface area (Å²) in [6.07, 6.45) is 0.188. The second kappa shape index (κ2) is 7.57. The Kier molecular flexibility index (Phi) is 5.49. The summed E-state index contributed by atoms with van der Waals surface area (Å²) in [4.78, 5) is 34.5. The van der Waals surface area contributed by atoms with E-state index in [2.05, 4.69) is 5.32 Å². The number of nitrogens with one attached hydrogen (secondary N) is 1. The van der Waals surface area contributed by atoms with Crippen molar-refractivity contribution in [3.8, 4) is 0 Å². The van der Waals surface area contributed by atoms with Crippen LogP contribution >= 0.6 is 0 Å². The van der Waals surface area contributed by atoms with Crippen molar-refractivity contribution >= 4 is 17.6 Å². The molecule has 2 aromatic carbocycles. The van der Waals surface area contributed by atoms with Gasteiger partial charge in [0.15, 0.2) is 0 Å². The first-order valence-electron chi connectivity index (χ1n) is 7.72. The summed E-state index contributed by atoms with van der Waals surface area (Å²) in [7, 11) is 0. The molecule has 1 atom stereocenters. The fourth-order valence-electron chi connectivity index (χ4n) is 2.50. The number of benzene rings is 2. The average molecular weight is 342 g/mol. The van der Waals surface area contributed by atoms with Crippen LogP contribution in [0.15, 0.2) is 54.6 Å². The van der Waals surface area contributed by atoms with Gasteiger partial charge in [0.05, 0.1) is 4.92 Å². The van der Waals surface area contributed by atoms with Crippen LogP contribution in [-0.2, 0) is 11.2 Å². The first-order valence-corrected chi connectivity index (χ1v) is 7.72. The van der Waals surface area contributed by atoms with Crippen molar-refractivity contribution in [3.63, 3.8) is 0 Å². The molecule has 130 valence electrons. The van der Waals surface area contributed by atoms with Crippen LogP contribution in [0.3, 0.4) is 0 Å². The highest BCUT2D eigenvalue weighted by Gasteiger charge is 2.38. The lowest BCUT2D eigenvalue weighted by Crippen LogP contribution is -2.55. The van der Waals surface area contributed by atoms with Gasteiger partial charge in [0.2, 0.25) is 0 Å². The zero-order valence-corrected chi connectivity index (χ0v) is 13.6. The van der Waals surface area contributed by atoms with Gasteiger partial charge in [-0.05, 0) is 24.1 Å². The van der Waals surface area contributed by atoms with Crippen LogP contribution in [0.5, 0.6) is 0 Å². The minimum absolute atomic E-state index is 0.0232. The van der Waals surface area contributed by atoms with E-state index in [0.717, 1.165) is 0 Å². The smallest absolute Gasteiger partial charge is 0.329 e. The van der Waals surface area contributed by atoms with Gasteiger partial charge in [-0.2, -0.15) is 0 Å². The molecule has 0 bridgehead atoms. The van der Waals surface area contributed by atoms with Crippen LogP contribution in [0.1, 0.15) is 29.3 Å². The number of hydrogen-bond acceptors (Lipinski definition) is 4. The van der Waals surface area contributed by atoms with Crippen LogP contribution in [0.25, 0.3) is 0 Å². The predicted octanol–water partition coefficient (Wildman–Crippen LogP) is 2.80. The second-order valence-corrected chi connectivity index (χ2v) is 5.66. The Morgan fingerprint density at radius 1 is 1.12 bits per heavy atom. The van der Waals surface area contributed by atoms with Crippen molar-refractivity contribution in [2.24, 2.45) is 0 Å². The Balaban J connectivity index is 2.26. The lowest BCUT2D eigenvalue weighted by Gasteiger charge is -2.29. The molecule has 7 heteroatoms. The molecule has 2 N–H and O–H groups in total. The van der Waals surface area contributed by atoms with Crippen molar-refractivity contribution in [3.05, 3.63) is 75.8 Å². The molecule has 1 unspecified atom stereocenters. The van der Waals surface area contributed by atoms with Gasteiger partial charge in [-0.25, -0.2) is 4.79 Å². The number of carbonyl (C=O) groups excluding carboxylic acids is 1. The highest BCUT2D eigenvalue weighted by atomic mass is 16.6. The van der Waals surface area contributed by atoms with E-state index in [4.69, 9.17) is 0 Å². The van der Waals surface area contributed by atoms with E-state index in [1.807, 2.05) is 0 Å². The molecule has 0 saturated heterocycles. The highest BCUT2D eigenvalue weighted by Crippen LogP contribution is 2.21. The first kappa shape index (κ1) is 18.1. The Hall–Kier alpha value is -3.22. The van der Waals surface area contributed by atoms with Gasteiger partial charge >= 0.3 is 5.97 Å². The summed E-state index contributed by atoms with van der Waals surface area (Å²) in [5.41, 5.74) is -0.619. The number of amides is 1. The van der Waals surface area contributed by atoms with Crippen molar-refractivity contribution < 1.29 is 19.6 Å². The topological polar surface area (TPSA) is 110 Å². The van der Waals surface area contributed by atoms with E-state index in [0.29, 0.717) is 11.1 Å². The number of rotatable bonds is 7. The van der Waals surface area contributed by atoms with Gasteiger partial charge < -0.3 is 10.4 Å². The quantitative estimate of drug-likeness (QED) is 0.594. The van der Waals surface area contributed by atoms with Crippen LogP contribution in [-0.4, -0.2) is 27.4 Å². The van der Waals surface area contributed by atoms with Crippen molar-refractivity contribution in [2.45, 2.75) is 25.3 Å². The lowest BCUT2D eigenvalue weighted by atomic mass is 9.87. The Morgan fingerprint density at radius 2 is 1.72 bits per heavy atom. The Morgan fingerprint density at radius 3 is 2.20 bits per heavy atom. The molecule has 0 fully saturated rings. The maximum absolute atomic E-state index is 12.4. The van der Waals surface area contributed by atoms with Crippen LogP contribution in [0.4, 0.5) is 5.69 Å². The van der Waals surface area contributed by atoms with Crippen LogP contribution in [0, 0.1) is 10.1 Å². The summed E-state index contributed by atoms with van der Waals surface area (Å²) < 4.78 is 0. The number of nitrogens with zero attached hydrogens (tertiary/aromatic N) is 1. The number of carboxylic acids is 1. The summed E-state index contributed by atoms with van der Waals surface area (Å²) in [5.74, 6) is -1.63. The van der Waals surface area contributed by atoms with Crippen molar-refractivity contribution in [2.75, 3.05) is 0 Å². The fourth-order valence-corrected chi connectivity index (χ4v) is 2.50. The molecule has 1 amide bonds. The second-order valence-electron chi connectivity index (χ2n) is 5.66. The summed E-state index contributed by atoms with van der Waals surface area (Å²) in [5, 5.41) is 23.0. The maximum atomic E-state index is 12.4. The van der Waals surface area contributed by atoms with E-state index < -0.39 is 22.3 Å². The fraction of sp³-hybridized carbons (Fsp3) is 0.222. The first-order chi connectivity index (χ1) is 11.9. The molecule has 0 aliphatic rings. The molecular weight excluding hydrogens is 324 g/mol. The Bertz CT molecular complexity index is 774. The zero-order chi connectivity index (χ0) is 18.4. The van der Waals surface area contributed by atoms with Gasteiger partial charge in [-0.15, -0.1) is 0 Å². The molecule has 0 aliphatic carbocycles.